The molecule has 2 unspecified atom stereocenters. The summed E-state index contributed by atoms with van der Waals surface area (Å²) >= 11 is 0. The summed E-state index contributed by atoms with van der Waals surface area (Å²) in [7, 11) is -6.85. The predicted molar refractivity (Wildman–Crippen MR) is 81.5 cm³/mol. The molecule has 2 atom stereocenters. The molecule has 120 valence electrons. The molecule has 2 fully saturated rings. The molecule has 2 saturated heterocycles. The molecule has 6 nitrogen and oxygen atoms in total. The van der Waals surface area contributed by atoms with E-state index in [0.29, 0.717) is 25.4 Å². The molecule has 2 heterocycles. The molecule has 8 heteroatoms. The largest absolute Gasteiger partial charge is 0.283 e. The third-order valence-electron chi connectivity index (χ3n) is 4.11. The molecule has 2 rings (SSSR count). The van der Waals surface area contributed by atoms with E-state index in [2.05, 4.69) is 5.92 Å². The van der Waals surface area contributed by atoms with Crippen LogP contribution in [0.3, 0.4) is 0 Å². The van der Waals surface area contributed by atoms with Gasteiger partial charge in [0.1, 0.15) is 0 Å². The Kier molecular flexibility index (Phi) is 4.98. The highest BCUT2D eigenvalue weighted by atomic mass is 32.2. The quantitative estimate of drug-likeness (QED) is 0.683. The number of piperidine rings is 1. The molecule has 0 aromatic rings. The maximum Gasteiger partial charge on any atom is 0.283 e. The van der Waals surface area contributed by atoms with Crippen molar-refractivity contribution >= 4 is 20.0 Å². The van der Waals surface area contributed by atoms with Crippen molar-refractivity contribution in [2.75, 3.05) is 31.1 Å². The summed E-state index contributed by atoms with van der Waals surface area (Å²) in [6, 6.07) is -0.534. The van der Waals surface area contributed by atoms with Gasteiger partial charge in [0.05, 0.1) is 18.1 Å². The summed E-state index contributed by atoms with van der Waals surface area (Å²) in [6.07, 6.45) is 7.46. The molecular formula is C13H22N2O4S2. The van der Waals surface area contributed by atoms with Gasteiger partial charge in [0, 0.05) is 19.1 Å². The molecule has 2 aliphatic heterocycles. The molecular weight excluding hydrogens is 312 g/mol. The van der Waals surface area contributed by atoms with Gasteiger partial charge in [0.2, 0.25) is 0 Å². The fourth-order valence-electron chi connectivity index (χ4n) is 3.00. The van der Waals surface area contributed by atoms with Crippen LogP contribution in [-0.4, -0.2) is 62.6 Å². The summed E-state index contributed by atoms with van der Waals surface area (Å²) < 4.78 is 51.4. The third kappa shape index (κ3) is 3.77. The molecule has 0 radical (unpaired) electrons. The Morgan fingerprint density at radius 2 is 2.10 bits per heavy atom. The van der Waals surface area contributed by atoms with Crippen LogP contribution >= 0.6 is 0 Å². The highest BCUT2D eigenvalue weighted by Gasteiger charge is 2.41. The Labute approximate surface area is 127 Å². The van der Waals surface area contributed by atoms with Gasteiger partial charge in [-0.3, -0.25) is 0 Å². The number of rotatable bonds is 4. The zero-order valence-electron chi connectivity index (χ0n) is 12.2. The summed E-state index contributed by atoms with van der Waals surface area (Å²) in [4.78, 5) is 0. The van der Waals surface area contributed by atoms with E-state index in [1.165, 1.54) is 8.61 Å². The van der Waals surface area contributed by atoms with Crippen LogP contribution in [0, 0.1) is 18.3 Å². The van der Waals surface area contributed by atoms with E-state index in [0.717, 1.165) is 12.8 Å². The molecule has 2 aliphatic rings. The van der Waals surface area contributed by atoms with Gasteiger partial charge in [-0.1, -0.05) is 12.8 Å². The molecule has 0 aliphatic carbocycles. The molecule has 0 bridgehead atoms. The Bertz CT molecular complexity index is 621. The first kappa shape index (κ1) is 16.7. The minimum absolute atomic E-state index is 0.0324. The lowest BCUT2D eigenvalue weighted by atomic mass is 10.0. The SMILES string of the molecule is C#CCN(C1CCS(=O)(=O)C1)S(=O)(=O)N1CCCC(C)C1. The van der Waals surface area contributed by atoms with Gasteiger partial charge >= 0.3 is 0 Å². The highest BCUT2D eigenvalue weighted by Crippen LogP contribution is 2.25. The van der Waals surface area contributed by atoms with Crippen molar-refractivity contribution in [2.24, 2.45) is 5.92 Å². The van der Waals surface area contributed by atoms with Crippen molar-refractivity contribution in [2.45, 2.75) is 32.2 Å². The van der Waals surface area contributed by atoms with Crippen molar-refractivity contribution in [3.63, 3.8) is 0 Å². The van der Waals surface area contributed by atoms with Crippen molar-refractivity contribution < 1.29 is 16.8 Å². The van der Waals surface area contributed by atoms with Crippen molar-refractivity contribution in [3.05, 3.63) is 0 Å². The second-order valence-corrected chi connectivity index (χ2v) is 10.0. The van der Waals surface area contributed by atoms with Gasteiger partial charge in [-0.15, -0.1) is 6.42 Å². The van der Waals surface area contributed by atoms with E-state index in [-0.39, 0.29) is 18.1 Å². The number of sulfone groups is 1. The van der Waals surface area contributed by atoms with Crippen LogP contribution in [0.25, 0.3) is 0 Å². The smallest absolute Gasteiger partial charge is 0.229 e. The number of nitrogens with zero attached hydrogens (tertiary/aromatic N) is 2. The maximum absolute atomic E-state index is 12.8. The monoisotopic (exact) mass is 334 g/mol. The fourth-order valence-corrected chi connectivity index (χ4v) is 6.71. The minimum Gasteiger partial charge on any atom is -0.229 e. The van der Waals surface area contributed by atoms with Crippen LogP contribution in [0.15, 0.2) is 0 Å². The van der Waals surface area contributed by atoms with Crippen LogP contribution < -0.4 is 0 Å². The van der Waals surface area contributed by atoms with Crippen LogP contribution in [0.2, 0.25) is 0 Å². The van der Waals surface area contributed by atoms with E-state index in [1.54, 1.807) is 0 Å². The third-order valence-corrected chi connectivity index (χ3v) is 7.86. The summed E-state index contributed by atoms with van der Waals surface area (Å²) in [5, 5.41) is 0. The van der Waals surface area contributed by atoms with Gasteiger partial charge in [-0.25, -0.2) is 8.42 Å². The number of hydrogen-bond acceptors (Lipinski definition) is 4. The van der Waals surface area contributed by atoms with Crippen molar-refractivity contribution in [3.8, 4) is 12.3 Å². The van der Waals surface area contributed by atoms with Gasteiger partial charge in [0.25, 0.3) is 10.2 Å². The van der Waals surface area contributed by atoms with E-state index in [4.69, 9.17) is 6.42 Å². The van der Waals surface area contributed by atoms with Crippen molar-refractivity contribution in [1.82, 2.24) is 8.61 Å². The molecule has 0 spiro atoms. The van der Waals surface area contributed by atoms with Crippen LogP contribution in [0.1, 0.15) is 26.2 Å². The molecule has 0 N–H and O–H groups in total. The van der Waals surface area contributed by atoms with E-state index < -0.39 is 26.1 Å². The summed E-state index contributed by atoms with van der Waals surface area (Å²) in [6.45, 7) is 2.90. The lowest BCUT2D eigenvalue weighted by Gasteiger charge is -2.35. The second-order valence-electron chi connectivity index (χ2n) is 5.92. The Morgan fingerprint density at radius 1 is 1.38 bits per heavy atom. The summed E-state index contributed by atoms with van der Waals surface area (Å²) in [5.41, 5.74) is 0. The fraction of sp³-hybridized carbons (Fsp3) is 0.846. The molecule has 0 amide bonds. The van der Waals surface area contributed by atoms with Gasteiger partial charge in [-0.05, 0) is 25.2 Å². The molecule has 21 heavy (non-hydrogen) atoms. The lowest BCUT2D eigenvalue weighted by molar-refractivity contribution is 0.250. The second kappa shape index (κ2) is 6.24. The first-order chi connectivity index (χ1) is 9.76. The normalized spacial score (nSPS) is 30.3. The first-order valence-corrected chi connectivity index (χ1v) is 10.4. The Hall–Kier alpha value is -0.620. The van der Waals surface area contributed by atoms with Crippen LogP contribution in [0.5, 0.6) is 0 Å². The zero-order valence-corrected chi connectivity index (χ0v) is 13.9. The standard InChI is InChI=1S/C13H22N2O4S2/c1-3-7-15(13-6-9-20(16,17)11-13)21(18,19)14-8-4-5-12(2)10-14/h1,12-13H,4-11H2,2H3. The maximum atomic E-state index is 12.8. The molecule has 0 saturated carbocycles. The van der Waals surface area contributed by atoms with Gasteiger partial charge < -0.3 is 0 Å². The topological polar surface area (TPSA) is 74.8 Å². The van der Waals surface area contributed by atoms with Gasteiger partial charge in [-0.2, -0.15) is 17.0 Å². The van der Waals surface area contributed by atoms with Crippen molar-refractivity contribution in [1.29, 1.82) is 0 Å². The number of terminal acetylenes is 1. The first-order valence-electron chi connectivity index (χ1n) is 7.17. The predicted octanol–water partition coefficient (Wildman–Crippen LogP) is 0.0854. The minimum atomic E-state index is -3.69. The van der Waals surface area contributed by atoms with Crippen LogP contribution in [0.4, 0.5) is 0 Å². The van der Waals surface area contributed by atoms with E-state index in [9.17, 15) is 16.8 Å². The lowest BCUT2D eigenvalue weighted by Crippen LogP contribution is -2.51. The van der Waals surface area contributed by atoms with Crippen LogP contribution in [-0.2, 0) is 20.0 Å². The average Bonchev–Trinajstić information content (AvgIpc) is 2.75. The summed E-state index contributed by atoms with van der Waals surface area (Å²) in [5.74, 6) is 2.57. The zero-order chi connectivity index (χ0) is 15.7. The van der Waals surface area contributed by atoms with Gasteiger partial charge in [0.15, 0.2) is 9.84 Å². The highest BCUT2D eigenvalue weighted by molar-refractivity contribution is 7.91. The molecule has 0 aromatic heterocycles. The number of hydrogen-bond donors (Lipinski definition) is 0. The average molecular weight is 334 g/mol. The van der Waals surface area contributed by atoms with E-state index >= 15 is 0 Å². The Morgan fingerprint density at radius 3 is 2.62 bits per heavy atom. The molecule has 0 aromatic carbocycles. The van der Waals surface area contributed by atoms with E-state index in [1.807, 2.05) is 6.92 Å². The Balaban J connectivity index is 2.22.